The summed E-state index contributed by atoms with van der Waals surface area (Å²) in [6, 6.07) is 0. The van der Waals surface area contributed by atoms with Gasteiger partial charge in [0.2, 0.25) is 0 Å². The maximum atomic E-state index is 13.7. The van der Waals surface area contributed by atoms with Crippen LogP contribution in [0.15, 0.2) is 12.2 Å². The van der Waals surface area contributed by atoms with Gasteiger partial charge >= 0.3 is 5.97 Å². The van der Waals surface area contributed by atoms with Crippen molar-refractivity contribution in [2.24, 2.45) is 56.7 Å². The lowest BCUT2D eigenvalue weighted by Gasteiger charge is -2.72. The molecule has 0 aromatic carbocycles. The lowest BCUT2D eigenvalue weighted by atomic mass is 9.32. The third kappa shape index (κ3) is 2.25. The summed E-state index contributed by atoms with van der Waals surface area (Å²) < 4.78 is 6.68. The van der Waals surface area contributed by atoms with E-state index in [1.54, 1.807) is 0 Å². The van der Waals surface area contributed by atoms with Gasteiger partial charge in [-0.15, -0.1) is 0 Å². The van der Waals surface area contributed by atoms with Crippen molar-refractivity contribution in [2.75, 3.05) is 0 Å². The molecule has 0 radical (unpaired) electrons. The Kier molecular flexibility index (Phi) is 4.51. The normalized spacial score (nSPS) is 61.6. The monoisotopic (exact) mass is 470 g/mol. The number of carbonyl (C=O) groups excluding carboxylic acids is 1. The summed E-state index contributed by atoms with van der Waals surface area (Å²) >= 11 is 0. The van der Waals surface area contributed by atoms with Crippen molar-refractivity contribution in [2.45, 2.75) is 111 Å². The molecule has 5 fully saturated rings. The summed E-state index contributed by atoms with van der Waals surface area (Å²) in [5.74, 6) is 2.03. The number of carbonyl (C=O) groups is 1. The first-order chi connectivity index (χ1) is 15.7. The molecule has 3 unspecified atom stereocenters. The molecule has 1 saturated heterocycles. The fourth-order valence-electron chi connectivity index (χ4n) is 11.6. The van der Waals surface area contributed by atoms with Crippen LogP contribution in [0.25, 0.3) is 0 Å². The second-order valence-corrected chi connectivity index (χ2v) is 14.9. The van der Waals surface area contributed by atoms with Crippen molar-refractivity contribution in [3.05, 3.63) is 12.2 Å². The molecule has 1 heterocycles. The molecule has 190 valence electrons. The van der Waals surface area contributed by atoms with E-state index in [1.165, 1.54) is 0 Å². The van der Waals surface area contributed by atoms with Gasteiger partial charge in [-0.3, -0.25) is 4.79 Å². The van der Waals surface area contributed by atoms with Crippen LogP contribution < -0.4 is 0 Å². The highest BCUT2D eigenvalue weighted by atomic mass is 16.6. The number of esters is 1. The molecule has 1 spiro atoms. The molecule has 34 heavy (non-hydrogen) atoms. The van der Waals surface area contributed by atoms with Crippen molar-refractivity contribution < 1.29 is 19.7 Å². The number of allylic oxidation sites excluding steroid dienone is 1. The maximum absolute atomic E-state index is 13.7. The fraction of sp³-hybridized carbons (Fsp3) is 0.900. The SMILES string of the molecule is CC1C2[C@]3(CC[C@H]1C)CC[C@]1(C)[C@@]2(C=C[C@@H]2[C@@]4(C)C[C@@H](O)[C@@H](O)C(C)(C)C4CC[C@]21C)OC3=O. The lowest BCUT2D eigenvalue weighted by Crippen LogP contribution is -2.71. The zero-order valence-corrected chi connectivity index (χ0v) is 22.4. The Morgan fingerprint density at radius 1 is 0.971 bits per heavy atom. The van der Waals surface area contributed by atoms with Gasteiger partial charge in [-0.25, -0.2) is 0 Å². The summed E-state index contributed by atoms with van der Waals surface area (Å²) in [6.07, 6.45) is 10.3. The average molecular weight is 471 g/mol. The third-order valence-corrected chi connectivity index (χ3v) is 13.7. The Hall–Kier alpha value is -0.870. The van der Waals surface area contributed by atoms with Crippen molar-refractivity contribution in [3.8, 4) is 0 Å². The average Bonchev–Trinajstić information content (AvgIpc) is 2.96. The van der Waals surface area contributed by atoms with E-state index in [0.29, 0.717) is 30.1 Å². The van der Waals surface area contributed by atoms with Crippen molar-refractivity contribution in [1.82, 2.24) is 0 Å². The molecule has 0 aromatic rings. The van der Waals surface area contributed by atoms with Crippen LogP contribution in [0.5, 0.6) is 0 Å². The Morgan fingerprint density at radius 3 is 2.38 bits per heavy atom. The first kappa shape index (κ1) is 23.5. The van der Waals surface area contributed by atoms with E-state index >= 15 is 0 Å². The molecule has 4 heteroatoms. The van der Waals surface area contributed by atoms with Crippen LogP contribution in [-0.4, -0.2) is 34.0 Å². The zero-order valence-electron chi connectivity index (χ0n) is 22.4. The zero-order chi connectivity index (χ0) is 24.7. The minimum Gasteiger partial charge on any atom is -0.453 e. The van der Waals surface area contributed by atoms with Crippen LogP contribution in [0, 0.1) is 56.7 Å². The van der Waals surface area contributed by atoms with Crippen molar-refractivity contribution in [3.63, 3.8) is 0 Å². The van der Waals surface area contributed by atoms with Gasteiger partial charge in [0.05, 0.1) is 17.6 Å². The molecule has 4 nitrogen and oxygen atoms in total. The van der Waals surface area contributed by atoms with Crippen molar-refractivity contribution in [1.29, 1.82) is 0 Å². The highest BCUT2D eigenvalue weighted by molar-refractivity contribution is 5.82. The number of aliphatic hydroxyl groups is 2. The molecule has 0 amide bonds. The molecular formula is C30H46O4. The standard InChI is InChI=1S/C30H46O4/c1-17-8-12-29-15-14-28(7)27(6)11-9-20-25(3,4)23(32)19(31)16-26(20,5)21(27)10-13-30(28,34-24(29)33)22(29)18(17)2/h10,13,17-23,31-32H,8-9,11-12,14-16H2,1-7H3/t17-,18?,19-,20?,21-,22?,23-,26+,27-,28+,29+,30+/m1/s1. The van der Waals surface area contributed by atoms with Crippen LogP contribution in [0.1, 0.15) is 93.4 Å². The van der Waals surface area contributed by atoms with Gasteiger partial charge in [0.15, 0.2) is 0 Å². The Bertz CT molecular complexity index is 955. The predicted molar refractivity (Wildman–Crippen MR) is 132 cm³/mol. The largest absolute Gasteiger partial charge is 0.453 e. The molecule has 2 bridgehead atoms. The first-order valence-electron chi connectivity index (χ1n) is 14.0. The Morgan fingerprint density at radius 2 is 1.68 bits per heavy atom. The summed E-state index contributed by atoms with van der Waals surface area (Å²) in [6.45, 7) is 16.3. The topological polar surface area (TPSA) is 66.8 Å². The van der Waals surface area contributed by atoms with E-state index in [2.05, 4.69) is 60.6 Å². The van der Waals surface area contributed by atoms with E-state index in [9.17, 15) is 15.0 Å². The van der Waals surface area contributed by atoms with Crippen LogP contribution in [0.2, 0.25) is 0 Å². The number of rotatable bonds is 0. The van der Waals surface area contributed by atoms with Gasteiger partial charge in [-0.2, -0.15) is 0 Å². The van der Waals surface area contributed by atoms with Crippen LogP contribution in [-0.2, 0) is 9.53 Å². The molecule has 5 aliphatic carbocycles. The number of hydrogen-bond acceptors (Lipinski definition) is 4. The van der Waals surface area contributed by atoms with E-state index in [-0.39, 0.29) is 39.0 Å². The van der Waals surface area contributed by atoms with Gasteiger partial charge in [0.25, 0.3) is 0 Å². The fourth-order valence-corrected chi connectivity index (χ4v) is 11.6. The molecule has 12 atom stereocenters. The van der Waals surface area contributed by atoms with Gasteiger partial charge < -0.3 is 14.9 Å². The molecule has 2 N–H and O–H groups in total. The highest BCUT2D eigenvalue weighted by Gasteiger charge is 2.80. The Balaban J connectivity index is 1.52. The van der Waals surface area contributed by atoms with E-state index in [1.807, 2.05) is 0 Å². The molecule has 1 aliphatic heterocycles. The summed E-state index contributed by atoms with van der Waals surface area (Å²) in [4.78, 5) is 13.7. The molecule has 4 saturated carbocycles. The highest BCUT2D eigenvalue weighted by Crippen LogP contribution is 2.79. The predicted octanol–water partition coefficient (Wildman–Crippen LogP) is 5.51. The number of ether oxygens (including phenoxy) is 1. The second kappa shape index (κ2) is 6.52. The second-order valence-electron chi connectivity index (χ2n) is 14.9. The Labute approximate surface area is 205 Å². The molecule has 0 aromatic heterocycles. The number of hydrogen-bond donors (Lipinski definition) is 2. The smallest absolute Gasteiger partial charge is 0.313 e. The van der Waals surface area contributed by atoms with Gasteiger partial charge in [0.1, 0.15) is 5.60 Å². The summed E-state index contributed by atoms with van der Waals surface area (Å²) in [7, 11) is 0. The molecule has 6 aliphatic rings. The minimum absolute atomic E-state index is 0.0255. The molecule has 6 rings (SSSR count). The van der Waals surface area contributed by atoms with E-state index < -0.39 is 17.8 Å². The van der Waals surface area contributed by atoms with Crippen LogP contribution in [0.4, 0.5) is 0 Å². The quantitative estimate of drug-likeness (QED) is 0.362. The van der Waals surface area contributed by atoms with Crippen LogP contribution >= 0.6 is 0 Å². The lowest BCUT2D eigenvalue weighted by molar-refractivity contribution is -0.257. The van der Waals surface area contributed by atoms with Gasteiger partial charge in [0, 0.05) is 11.3 Å². The van der Waals surface area contributed by atoms with Gasteiger partial charge in [-0.05, 0) is 90.9 Å². The maximum Gasteiger partial charge on any atom is 0.313 e. The summed E-state index contributed by atoms with van der Waals surface area (Å²) in [5, 5.41) is 21.9. The van der Waals surface area contributed by atoms with E-state index in [4.69, 9.17) is 4.74 Å². The third-order valence-electron chi connectivity index (χ3n) is 13.7. The number of fused-ring (bicyclic) bond motifs is 4. The van der Waals surface area contributed by atoms with Crippen LogP contribution in [0.3, 0.4) is 0 Å². The summed E-state index contributed by atoms with van der Waals surface area (Å²) in [5.41, 5.74) is -1.40. The van der Waals surface area contributed by atoms with Gasteiger partial charge in [-0.1, -0.05) is 54.5 Å². The first-order valence-corrected chi connectivity index (χ1v) is 14.0. The minimum atomic E-state index is -0.696. The molecular weight excluding hydrogens is 424 g/mol. The van der Waals surface area contributed by atoms with E-state index in [0.717, 1.165) is 38.5 Å². The van der Waals surface area contributed by atoms with Crippen molar-refractivity contribution >= 4 is 5.97 Å². The number of aliphatic hydroxyl groups excluding tert-OH is 2.